The topological polar surface area (TPSA) is 35.5 Å². The van der Waals surface area contributed by atoms with Gasteiger partial charge in [0.2, 0.25) is 0 Å². The second-order valence-corrected chi connectivity index (χ2v) is 7.32. The maximum atomic E-state index is 13.3. The lowest BCUT2D eigenvalue weighted by Crippen LogP contribution is -2.03. The molecule has 2 rings (SSSR count). The second kappa shape index (κ2) is 8.59. The molecule has 0 saturated heterocycles. The van der Waals surface area contributed by atoms with Gasteiger partial charge in [-0.15, -0.1) is 0 Å². The quantitative estimate of drug-likeness (QED) is 0.392. The van der Waals surface area contributed by atoms with E-state index in [-0.39, 0.29) is 0 Å². The molecule has 3 nitrogen and oxygen atoms in total. The maximum Gasteiger partial charge on any atom is 0.458 e. The first-order valence-corrected chi connectivity index (χ1v) is 9.46. The van der Waals surface area contributed by atoms with Crippen molar-refractivity contribution in [1.82, 2.24) is 0 Å². The van der Waals surface area contributed by atoms with Gasteiger partial charge in [0.25, 0.3) is 0 Å². The fourth-order valence-electron chi connectivity index (χ4n) is 2.10. The molecule has 0 spiro atoms. The highest BCUT2D eigenvalue weighted by atomic mass is 31.2. The summed E-state index contributed by atoms with van der Waals surface area (Å²) in [5.74, 6) is 1.03. The molecule has 0 bridgehead atoms. The Hall–Kier alpha value is -1.99. The minimum absolute atomic E-state index is 0.513. The van der Waals surface area contributed by atoms with Gasteiger partial charge in [-0.1, -0.05) is 62.7 Å². The maximum absolute atomic E-state index is 13.3. The van der Waals surface area contributed by atoms with Crippen molar-refractivity contribution in [2.75, 3.05) is 0 Å². The summed E-state index contributed by atoms with van der Waals surface area (Å²) in [6.45, 7) is 6.11. The average Bonchev–Trinajstić information content (AvgIpc) is 2.56. The van der Waals surface area contributed by atoms with Gasteiger partial charge in [-0.25, -0.2) is 4.57 Å². The minimum Gasteiger partial charge on any atom is -0.413 e. The summed E-state index contributed by atoms with van der Waals surface area (Å²) in [5.41, 5.74) is 0. The molecule has 0 fully saturated rings. The Labute approximate surface area is 138 Å². The van der Waals surface area contributed by atoms with Gasteiger partial charge in [-0.2, -0.15) is 0 Å². The van der Waals surface area contributed by atoms with Crippen LogP contribution in [0.15, 0.2) is 72.6 Å². The van der Waals surface area contributed by atoms with Crippen molar-refractivity contribution >= 4 is 7.60 Å². The number of hydrogen-bond donors (Lipinski definition) is 0. The Kier molecular flexibility index (Phi) is 6.49. The van der Waals surface area contributed by atoms with E-state index in [2.05, 4.69) is 13.5 Å². The van der Waals surface area contributed by atoms with Crippen molar-refractivity contribution in [2.45, 2.75) is 32.6 Å². The molecule has 122 valence electrons. The van der Waals surface area contributed by atoms with Crippen molar-refractivity contribution in [3.05, 3.63) is 72.6 Å². The van der Waals surface area contributed by atoms with Crippen LogP contribution in [0.1, 0.15) is 32.6 Å². The van der Waals surface area contributed by atoms with E-state index in [9.17, 15) is 4.57 Å². The Balaban J connectivity index is 2.19. The third-order valence-electron chi connectivity index (χ3n) is 3.39. The van der Waals surface area contributed by atoms with Crippen molar-refractivity contribution in [3.63, 3.8) is 0 Å². The highest BCUT2D eigenvalue weighted by Crippen LogP contribution is 2.56. The Bertz CT molecular complexity index is 607. The minimum atomic E-state index is -3.49. The molecular weight excluding hydrogens is 307 g/mol. The van der Waals surface area contributed by atoms with Crippen molar-refractivity contribution in [3.8, 4) is 11.5 Å². The van der Waals surface area contributed by atoms with Gasteiger partial charge in [-0.05, 0) is 37.1 Å². The van der Waals surface area contributed by atoms with E-state index in [1.807, 2.05) is 36.4 Å². The van der Waals surface area contributed by atoms with E-state index in [0.29, 0.717) is 23.2 Å². The molecule has 4 heteroatoms. The normalized spacial score (nSPS) is 11.0. The summed E-state index contributed by atoms with van der Waals surface area (Å²) < 4.78 is 24.8. The van der Waals surface area contributed by atoms with E-state index in [0.717, 1.165) is 19.3 Å². The first-order chi connectivity index (χ1) is 11.1. The first-order valence-electron chi connectivity index (χ1n) is 7.92. The molecule has 2 aromatic rings. The summed E-state index contributed by atoms with van der Waals surface area (Å²) in [5, 5.41) is 0.513. The number of unbranched alkanes of at least 4 members (excludes halogenated alkanes) is 2. The van der Waals surface area contributed by atoms with Crippen LogP contribution in [0.3, 0.4) is 0 Å². The highest BCUT2D eigenvalue weighted by Gasteiger charge is 2.32. The van der Waals surface area contributed by atoms with E-state index >= 15 is 0 Å². The standard InChI is InChI=1S/C19H23O3P/c1-3-4-7-12-17(2)23(20,21-18-13-8-5-9-14-18)22-19-15-10-6-11-16-19/h5-6,8-11,13-16H,2-4,7,12H2,1H3. The molecule has 2 aromatic carbocycles. The summed E-state index contributed by atoms with van der Waals surface area (Å²) in [7, 11) is -3.49. The van der Waals surface area contributed by atoms with Crippen LogP contribution < -0.4 is 9.05 Å². The summed E-state index contributed by atoms with van der Waals surface area (Å²) in [6.07, 6.45) is 3.72. The zero-order valence-corrected chi connectivity index (χ0v) is 14.4. The SMILES string of the molecule is C=C(CCCCC)P(=O)(Oc1ccccc1)Oc1ccccc1. The molecule has 0 amide bonds. The van der Waals surface area contributed by atoms with Crippen molar-refractivity contribution < 1.29 is 13.6 Å². The highest BCUT2D eigenvalue weighted by molar-refractivity contribution is 7.59. The van der Waals surface area contributed by atoms with Gasteiger partial charge in [0.05, 0.1) is 5.31 Å². The largest absolute Gasteiger partial charge is 0.458 e. The van der Waals surface area contributed by atoms with Crippen molar-refractivity contribution in [1.29, 1.82) is 0 Å². The molecule has 23 heavy (non-hydrogen) atoms. The predicted molar refractivity (Wildman–Crippen MR) is 95.0 cm³/mol. The smallest absolute Gasteiger partial charge is 0.413 e. The average molecular weight is 330 g/mol. The van der Waals surface area contributed by atoms with Crippen LogP contribution in [0, 0.1) is 0 Å². The van der Waals surface area contributed by atoms with Gasteiger partial charge < -0.3 is 9.05 Å². The van der Waals surface area contributed by atoms with Crippen LogP contribution >= 0.6 is 7.60 Å². The van der Waals surface area contributed by atoms with E-state index in [1.165, 1.54) is 0 Å². The van der Waals surface area contributed by atoms with Gasteiger partial charge in [0.1, 0.15) is 11.5 Å². The third-order valence-corrected chi connectivity index (χ3v) is 5.29. The zero-order valence-electron chi connectivity index (χ0n) is 13.5. The van der Waals surface area contributed by atoms with Crippen LogP contribution in [-0.2, 0) is 4.57 Å². The van der Waals surface area contributed by atoms with Crippen LogP contribution in [-0.4, -0.2) is 0 Å². The third kappa shape index (κ3) is 5.30. The summed E-state index contributed by atoms with van der Waals surface area (Å²) in [4.78, 5) is 0. The zero-order chi connectivity index (χ0) is 16.5. The molecule has 0 aromatic heterocycles. The van der Waals surface area contributed by atoms with E-state index < -0.39 is 7.60 Å². The molecule has 0 saturated carbocycles. The molecular formula is C19H23O3P. The predicted octanol–water partition coefficient (Wildman–Crippen LogP) is 6.43. The van der Waals surface area contributed by atoms with Crippen LogP contribution in [0.5, 0.6) is 11.5 Å². The van der Waals surface area contributed by atoms with Gasteiger partial charge in [0, 0.05) is 0 Å². The molecule has 0 unspecified atom stereocenters. The molecule has 0 aliphatic heterocycles. The van der Waals surface area contributed by atoms with Gasteiger partial charge >= 0.3 is 7.60 Å². The van der Waals surface area contributed by atoms with Crippen LogP contribution in [0.25, 0.3) is 0 Å². The molecule has 0 heterocycles. The van der Waals surface area contributed by atoms with Gasteiger partial charge in [-0.3, -0.25) is 0 Å². The lowest BCUT2D eigenvalue weighted by molar-refractivity contribution is 0.392. The molecule has 0 N–H and O–H groups in total. The number of para-hydroxylation sites is 2. The summed E-state index contributed by atoms with van der Waals surface area (Å²) in [6, 6.07) is 18.2. The number of rotatable bonds is 9. The number of allylic oxidation sites excluding steroid dienone is 1. The van der Waals surface area contributed by atoms with Crippen LogP contribution in [0.4, 0.5) is 0 Å². The molecule has 0 aliphatic rings. The van der Waals surface area contributed by atoms with E-state index in [4.69, 9.17) is 9.05 Å². The Morgan fingerprint density at radius 2 is 1.39 bits per heavy atom. The van der Waals surface area contributed by atoms with Crippen LogP contribution in [0.2, 0.25) is 0 Å². The summed E-state index contributed by atoms with van der Waals surface area (Å²) >= 11 is 0. The molecule has 0 atom stereocenters. The fraction of sp³-hybridized carbons (Fsp3) is 0.263. The number of hydrogen-bond acceptors (Lipinski definition) is 3. The molecule has 0 radical (unpaired) electrons. The fourth-order valence-corrected chi connectivity index (χ4v) is 3.63. The second-order valence-electron chi connectivity index (χ2n) is 5.33. The van der Waals surface area contributed by atoms with Gasteiger partial charge in [0.15, 0.2) is 0 Å². The lowest BCUT2D eigenvalue weighted by atomic mass is 10.2. The monoisotopic (exact) mass is 330 g/mol. The molecule has 0 aliphatic carbocycles. The first kappa shape index (κ1) is 17.4. The Morgan fingerprint density at radius 1 is 0.913 bits per heavy atom. The number of benzene rings is 2. The Morgan fingerprint density at radius 3 is 1.83 bits per heavy atom. The van der Waals surface area contributed by atoms with E-state index in [1.54, 1.807) is 24.3 Å². The van der Waals surface area contributed by atoms with Crippen molar-refractivity contribution in [2.24, 2.45) is 0 Å². The lowest BCUT2D eigenvalue weighted by Gasteiger charge is -2.21.